The van der Waals surface area contributed by atoms with Crippen molar-refractivity contribution in [1.29, 1.82) is 0 Å². The number of ether oxygens (including phenoxy) is 3. The Balaban J connectivity index is 0.912. The molecule has 2 unspecified atom stereocenters. The van der Waals surface area contributed by atoms with E-state index in [1.807, 2.05) is 54.0 Å². The van der Waals surface area contributed by atoms with E-state index in [1.165, 1.54) is 19.8 Å². The molecule has 0 saturated carbocycles. The average Bonchev–Trinajstić information content (AvgIpc) is 4.20. The number of methoxy groups -OCH3 is 2. The molecule has 2 fully saturated rings. The number of carbonyl (C=O) groups excluding carboxylic acids is 4. The molecule has 4 N–H and O–H groups in total. The number of fused-ring (bicyclic) bond motifs is 6. The van der Waals surface area contributed by atoms with E-state index in [0.717, 1.165) is 79.8 Å². The number of carbonyl (C=O) groups is 4. The van der Waals surface area contributed by atoms with E-state index in [0.29, 0.717) is 50.9 Å². The molecule has 2 aliphatic carbocycles. The van der Waals surface area contributed by atoms with Gasteiger partial charge in [0.15, 0.2) is 0 Å². The largest absolute Gasteiger partial charge is 0.453 e. The Bertz CT molecular complexity index is 3060. The van der Waals surface area contributed by atoms with Crippen LogP contribution in [0.15, 0.2) is 96.6 Å². The Morgan fingerprint density at radius 1 is 0.768 bits per heavy atom. The Labute approximate surface area is 400 Å². The number of H-pyrrole nitrogens is 2. The Morgan fingerprint density at radius 2 is 1.42 bits per heavy atom. The van der Waals surface area contributed by atoms with Gasteiger partial charge in [-0.1, -0.05) is 86.2 Å². The molecule has 4 aliphatic rings. The summed E-state index contributed by atoms with van der Waals surface area (Å²) < 4.78 is 16.1. The first kappa shape index (κ1) is 45.8. The van der Waals surface area contributed by atoms with Gasteiger partial charge in [-0.15, -0.1) is 0 Å². The number of aromatic amines is 2. The maximum atomic E-state index is 14.7. The number of nitrogens with zero attached hydrogens (tertiary/aromatic N) is 4. The smallest absolute Gasteiger partial charge is 0.407 e. The third kappa shape index (κ3) is 8.95. The highest BCUT2D eigenvalue weighted by Crippen LogP contribution is 2.40. The van der Waals surface area contributed by atoms with Crippen LogP contribution in [0, 0.1) is 23.7 Å². The predicted molar refractivity (Wildman–Crippen MR) is 265 cm³/mol. The number of amides is 4. The van der Waals surface area contributed by atoms with Gasteiger partial charge < -0.3 is 44.6 Å². The van der Waals surface area contributed by atoms with Crippen LogP contribution in [-0.4, -0.2) is 106 Å². The number of hydrogen-bond donors (Lipinski definition) is 4. The molecular formula is C54H60N8O7. The molecule has 4 aromatic carbocycles. The van der Waals surface area contributed by atoms with Crippen LogP contribution in [0.4, 0.5) is 9.59 Å². The zero-order chi connectivity index (χ0) is 47.9. The van der Waals surface area contributed by atoms with Crippen molar-refractivity contribution in [3.05, 3.63) is 108 Å². The number of benzene rings is 4. The summed E-state index contributed by atoms with van der Waals surface area (Å²) in [4.78, 5) is 74.4. The molecule has 4 amide bonds. The van der Waals surface area contributed by atoms with Gasteiger partial charge in [-0.05, 0) is 91.1 Å². The SMILES string of the molecule is COC(=O)N[C@H](C(=O)N1CCC[C@H]1c1nc2c(ccc3cc(-c4ccc5c(ccc6[nH]c([C@@H]7C[C@H](COCC8CC=C8C)CN7C(=O)[C@H](NC(=O)OC)C7C=CC=CC7)nc65)c4)ccc32)[nH]1)C(C)C. The molecule has 69 heavy (non-hydrogen) atoms. The van der Waals surface area contributed by atoms with Crippen molar-refractivity contribution in [2.24, 2.45) is 23.7 Å². The number of hydrogen-bond acceptors (Lipinski definition) is 9. The molecular weight excluding hydrogens is 873 g/mol. The second kappa shape index (κ2) is 19.2. The molecule has 15 heteroatoms. The fourth-order valence-corrected chi connectivity index (χ4v) is 10.7. The number of allylic oxidation sites excluding steroid dienone is 4. The lowest BCUT2D eigenvalue weighted by Crippen LogP contribution is -2.52. The van der Waals surface area contributed by atoms with Crippen molar-refractivity contribution in [3.63, 3.8) is 0 Å². The normalized spacial score (nSPS) is 22.1. The van der Waals surface area contributed by atoms with Crippen LogP contribution in [0.2, 0.25) is 0 Å². The van der Waals surface area contributed by atoms with Gasteiger partial charge in [0, 0.05) is 41.6 Å². The summed E-state index contributed by atoms with van der Waals surface area (Å²) in [6.45, 7) is 8.22. The molecule has 0 spiro atoms. The van der Waals surface area contributed by atoms with Crippen molar-refractivity contribution in [1.82, 2.24) is 40.4 Å². The number of aromatic nitrogens is 4. The maximum absolute atomic E-state index is 14.7. The lowest BCUT2D eigenvalue weighted by Gasteiger charge is -2.31. The van der Waals surface area contributed by atoms with Gasteiger partial charge >= 0.3 is 12.2 Å². The summed E-state index contributed by atoms with van der Waals surface area (Å²) in [6.07, 6.45) is 12.7. The summed E-state index contributed by atoms with van der Waals surface area (Å²) in [7, 11) is 2.61. The molecule has 0 radical (unpaired) electrons. The standard InChI is InChI=1S/C54H60N8O7/c1-30(2)45(59-53(65)67-4)51(63)61-23-9-12-43(61)49-55-41-21-17-36-25-34(15-19-39(36)47(41)57-49)35-16-20-40-37(26-35)18-22-42-48(40)58-50(56-42)44-24-32(28-69-29-38-14-13-31(38)3)27-62(44)52(64)46(60-54(66)68-5)33-10-7-6-8-11-33/h6-8,10,13,15-22,25-26,30,32-33,38,43-46H,9,11-12,14,23-24,27-29H2,1-5H3,(H,55,57)(H,56,58)(H,59,65)(H,60,66)/t32-,33?,38?,43-,44-,45-,46+/m0/s1. The topological polar surface area (TPSA) is 184 Å². The van der Waals surface area contributed by atoms with Crippen molar-refractivity contribution >= 4 is 67.6 Å². The molecule has 2 saturated heterocycles. The monoisotopic (exact) mass is 932 g/mol. The van der Waals surface area contributed by atoms with E-state index in [-0.39, 0.29) is 41.7 Å². The van der Waals surface area contributed by atoms with E-state index in [9.17, 15) is 19.2 Å². The van der Waals surface area contributed by atoms with Crippen LogP contribution in [-0.2, 0) is 23.8 Å². The van der Waals surface area contributed by atoms with Gasteiger partial charge in [0.25, 0.3) is 0 Å². The first-order valence-electron chi connectivity index (χ1n) is 24.2. The van der Waals surface area contributed by atoms with Crippen LogP contribution in [0.1, 0.15) is 76.6 Å². The number of alkyl carbamates (subject to hydrolysis) is 2. The average molecular weight is 933 g/mol. The Hall–Kier alpha value is -7.00. The Kier molecular flexibility index (Phi) is 12.7. The fraction of sp³-hybridized carbons (Fsp3) is 0.407. The molecule has 6 aromatic rings. The van der Waals surface area contributed by atoms with Crippen LogP contribution in [0.3, 0.4) is 0 Å². The highest BCUT2D eigenvalue weighted by molar-refractivity contribution is 6.07. The summed E-state index contributed by atoms with van der Waals surface area (Å²) >= 11 is 0. The zero-order valence-electron chi connectivity index (χ0n) is 39.8. The van der Waals surface area contributed by atoms with Crippen LogP contribution >= 0.6 is 0 Å². The second-order valence-corrected chi connectivity index (χ2v) is 19.4. The Morgan fingerprint density at radius 3 is 2.00 bits per heavy atom. The van der Waals surface area contributed by atoms with Gasteiger partial charge in [0.05, 0.1) is 61.6 Å². The summed E-state index contributed by atoms with van der Waals surface area (Å²) in [5, 5.41) is 9.67. The minimum atomic E-state index is -0.813. The first-order chi connectivity index (χ1) is 33.5. The highest BCUT2D eigenvalue weighted by atomic mass is 16.5. The zero-order valence-corrected chi connectivity index (χ0v) is 39.8. The van der Waals surface area contributed by atoms with Crippen molar-refractivity contribution in [3.8, 4) is 11.1 Å². The van der Waals surface area contributed by atoms with E-state index in [1.54, 1.807) is 0 Å². The number of rotatable bonds is 13. The molecule has 2 aromatic heterocycles. The second-order valence-electron chi connectivity index (χ2n) is 19.4. The molecule has 10 rings (SSSR count). The lowest BCUT2D eigenvalue weighted by molar-refractivity contribution is -0.136. The van der Waals surface area contributed by atoms with Crippen molar-refractivity contribution in [2.75, 3.05) is 40.5 Å². The summed E-state index contributed by atoms with van der Waals surface area (Å²) in [5.74, 6) is 1.31. The highest BCUT2D eigenvalue weighted by Gasteiger charge is 2.43. The van der Waals surface area contributed by atoms with E-state index in [4.69, 9.17) is 24.2 Å². The molecule has 358 valence electrons. The number of imidazole rings is 2. The van der Waals surface area contributed by atoms with Gasteiger partial charge in [-0.3, -0.25) is 9.59 Å². The summed E-state index contributed by atoms with van der Waals surface area (Å²) in [6, 6.07) is 19.0. The van der Waals surface area contributed by atoms with Gasteiger partial charge in [-0.25, -0.2) is 19.6 Å². The van der Waals surface area contributed by atoms with Crippen LogP contribution in [0.5, 0.6) is 0 Å². The minimum absolute atomic E-state index is 0.0821. The molecule has 7 atom stereocenters. The number of likely N-dealkylation sites (tertiary alicyclic amines) is 2. The van der Waals surface area contributed by atoms with Crippen molar-refractivity contribution < 1.29 is 33.4 Å². The van der Waals surface area contributed by atoms with E-state index >= 15 is 0 Å². The third-order valence-corrected chi connectivity index (χ3v) is 14.7. The lowest BCUT2D eigenvalue weighted by atomic mass is 9.87. The summed E-state index contributed by atoms with van der Waals surface area (Å²) in [5.41, 5.74) is 6.93. The molecule has 0 bridgehead atoms. The first-order valence-corrected chi connectivity index (χ1v) is 24.2. The number of nitrogens with one attached hydrogen (secondary N) is 4. The molecule has 4 heterocycles. The quantitative estimate of drug-likeness (QED) is 0.0821. The molecule has 15 nitrogen and oxygen atoms in total. The van der Waals surface area contributed by atoms with E-state index in [2.05, 4.69) is 88.2 Å². The molecule has 2 aliphatic heterocycles. The van der Waals surface area contributed by atoms with E-state index < -0.39 is 24.3 Å². The van der Waals surface area contributed by atoms with Gasteiger partial charge in [0.2, 0.25) is 11.8 Å². The minimum Gasteiger partial charge on any atom is -0.453 e. The predicted octanol–water partition coefficient (Wildman–Crippen LogP) is 9.19. The van der Waals surface area contributed by atoms with Gasteiger partial charge in [-0.2, -0.15) is 0 Å². The van der Waals surface area contributed by atoms with Gasteiger partial charge in [0.1, 0.15) is 23.7 Å². The van der Waals surface area contributed by atoms with Crippen molar-refractivity contribution in [2.45, 2.75) is 77.0 Å². The third-order valence-electron chi connectivity index (χ3n) is 14.7. The van der Waals surface area contributed by atoms with Crippen LogP contribution in [0.25, 0.3) is 54.7 Å². The maximum Gasteiger partial charge on any atom is 0.407 e. The fourth-order valence-electron chi connectivity index (χ4n) is 10.7. The van der Waals surface area contributed by atoms with Crippen LogP contribution < -0.4 is 10.6 Å².